The predicted molar refractivity (Wildman–Crippen MR) is 118 cm³/mol. The van der Waals surface area contributed by atoms with E-state index in [1.807, 2.05) is 17.9 Å². The van der Waals surface area contributed by atoms with Crippen LogP contribution in [0.5, 0.6) is 0 Å². The number of nitrogens with zero attached hydrogens (tertiary/aromatic N) is 3. The highest BCUT2D eigenvalue weighted by Gasteiger charge is 2.28. The molecule has 0 radical (unpaired) electrons. The van der Waals surface area contributed by atoms with E-state index >= 15 is 0 Å². The van der Waals surface area contributed by atoms with Crippen LogP contribution < -0.4 is 0 Å². The topological polar surface area (TPSA) is 53.5 Å². The van der Waals surface area contributed by atoms with E-state index in [0.29, 0.717) is 19.5 Å². The second-order valence-corrected chi connectivity index (χ2v) is 8.73. The zero-order valence-electron chi connectivity index (χ0n) is 18.1. The third-order valence-electron chi connectivity index (χ3n) is 6.34. The van der Waals surface area contributed by atoms with Crippen LogP contribution >= 0.6 is 0 Å². The molecule has 1 aromatic carbocycles. The Morgan fingerprint density at radius 1 is 1.06 bits per heavy atom. The van der Waals surface area contributed by atoms with Gasteiger partial charge in [-0.05, 0) is 68.0 Å². The van der Waals surface area contributed by atoms with E-state index in [9.17, 15) is 14.0 Å². The second kappa shape index (κ2) is 9.58. The lowest BCUT2D eigenvalue weighted by molar-refractivity contribution is -0.140. The Bertz CT molecular complexity index is 944. The smallest absolute Gasteiger partial charge is 0.242 e. The van der Waals surface area contributed by atoms with Gasteiger partial charge in [0.25, 0.3) is 0 Å². The molecule has 6 heteroatoms. The summed E-state index contributed by atoms with van der Waals surface area (Å²) in [7, 11) is 0. The number of halogens is 1. The van der Waals surface area contributed by atoms with Crippen molar-refractivity contribution in [2.75, 3.05) is 26.2 Å². The van der Waals surface area contributed by atoms with Crippen LogP contribution in [0.4, 0.5) is 4.39 Å². The molecule has 0 N–H and O–H groups in total. The van der Waals surface area contributed by atoms with Gasteiger partial charge in [-0.3, -0.25) is 14.6 Å². The van der Waals surface area contributed by atoms with Gasteiger partial charge in [-0.15, -0.1) is 0 Å². The minimum atomic E-state index is -0.251. The quantitative estimate of drug-likeness (QED) is 0.737. The molecule has 2 aromatic rings. The Morgan fingerprint density at radius 2 is 1.87 bits per heavy atom. The number of carbonyl (C=O) groups is 2. The summed E-state index contributed by atoms with van der Waals surface area (Å²) in [5.74, 6) is 0.0470. The van der Waals surface area contributed by atoms with E-state index in [4.69, 9.17) is 4.98 Å². The number of pyridine rings is 1. The zero-order valence-corrected chi connectivity index (χ0v) is 18.1. The highest BCUT2D eigenvalue weighted by Crippen LogP contribution is 2.30. The summed E-state index contributed by atoms with van der Waals surface area (Å²) in [6.07, 6.45) is 5.40. The number of rotatable bonds is 4. The minimum absolute atomic E-state index is 0.0337. The van der Waals surface area contributed by atoms with Crippen LogP contribution in [0.25, 0.3) is 11.1 Å². The Morgan fingerprint density at radius 3 is 2.68 bits per heavy atom. The summed E-state index contributed by atoms with van der Waals surface area (Å²) in [6, 6.07) is 10.6. The zero-order chi connectivity index (χ0) is 21.8. The fraction of sp³-hybridized carbons (Fsp3) is 0.480. The molecule has 1 aromatic heterocycles. The first kappa shape index (κ1) is 21.5. The summed E-state index contributed by atoms with van der Waals surface area (Å²) in [4.78, 5) is 33.6. The Balaban J connectivity index is 1.47. The molecule has 0 spiro atoms. The summed E-state index contributed by atoms with van der Waals surface area (Å²) in [6.45, 7) is 4.19. The van der Waals surface area contributed by atoms with E-state index in [-0.39, 0.29) is 30.1 Å². The predicted octanol–water partition coefficient (Wildman–Crippen LogP) is 4.30. The van der Waals surface area contributed by atoms with Crippen molar-refractivity contribution >= 4 is 11.8 Å². The Hall–Kier alpha value is -2.76. The van der Waals surface area contributed by atoms with Gasteiger partial charge in [0, 0.05) is 43.4 Å². The molecular weight excluding hydrogens is 393 g/mol. The molecule has 2 aliphatic heterocycles. The third kappa shape index (κ3) is 5.30. The molecule has 2 aliphatic rings. The number of aromatic nitrogens is 1. The van der Waals surface area contributed by atoms with Gasteiger partial charge < -0.3 is 9.80 Å². The average Bonchev–Trinajstić information content (AvgIpc) is 2.98. The second-order valence-electron chi connectivity index (χ2n) is 8.73. The van der Waals surface area contributed by atoms with Crippen LogP contribution in [0.15, 0.2) is 36.4 Å². The average molecular weight is 424 g/mol. The van der Waals surface area contributed by atoms with Gasteiger partial charge in [0.05, 0.1) is 6.54 Å². The number of hydrogen-bond donors (Lipinski definition) is 0. The van der Waals surface area contributed by atoms with Crippen molar-refractivity contribution in [3.63, 3.8) is 0 Å². The van der Waals surface area contributed by atoms with Crippen LogP contribution in [0.1, 0.15) is 55.8 Å². The Kier molecular flexibility index (Phi) is 6.64. The lowest BCUT2D eigenvalue weighted by Crippen LogP contribution is -2.46. The van der Waals surface area contributed by atoms with Gasteiger partial charge in [0.1, 0.15) is 5.82 Å². The molecule has 0 unspecified atom stereocenters. The van der Waals surface area contributed by atoms with Crippen molar-refractivity contribution in [1.29, 1.82) is 0 Å². The number of likely N-dealkylation sites (tertiary alicyclic amines) is 2. The molecule has 5 nitrogen and oxygen atoms in total. The van der Waals surface area contributed by atoms with Gasteiger partial charge in [0.2, 0.25) is 11.8 Å². The van der Waals surface area contributed by atoms with Crippen molar-refractivity contribution < 1.29 is 14.0 Å². The standard InChI is InChI=1S/C25H30FN3O2/c1-18-14-21(19-8-10-22(26)11-9-19)15-23(27-18)20-6-5-13-28(16-20)25(31)17-29-12-4-2-3-7-24(29)30/h8-11,14-15,20H,2-7,12-13,16-17H2,1H3/t20-/m0/s1. The SMILES string of the molecule is Cc1cc(-c2ccc(F)cc2)cc([C@H]2CCCN(C(=O)CN3CCCCCC3=O)C2)n1. The molecule has 0 bridgehead atoms. The number of carbonyl (C=O) groups excluding carboxylic acids is 2. The summed E-state index contributed by atoms with van der Waals surface area (Å²) >= 11 is 0. The molecule has 164 valence electrons. The first-order valence-corrected chi connectivity index (χ1v) is 11.3. The Labute approximate surface area is 183 Å². The number of piperidine rings is 1. The van der Waals surface area contributed by atoms with Gasteiger partial charge in [0.15, 0.2) is 0 Å². The lowest BCUT2D eigenvalue weighted by atomic mass is 9.92. The van der Waals surface area contributed by atoms with Crippen LogP contribution in [-0.4, -0.2) is 52.8 Å². The number of benzene rings is 1. The molecule has 3 heterocycles. The fourth-order valence-corrected chi connectivity index (χ4v) is 4.63. The first-order chi connectivity index (χ1) is 15.0. The third-order valence-corrected chi connectivity index (χ3v) is 6.34. The molecule has 0 saturated carbocycles. The molecule has 31 heavy (non-hydrogen) atoms. The summed E-state index contributed by atoms with van der Waals surface area (Å²) in [5, 5.41) is 0. The van der Waals surface area contributed by atoms with E-state index in [2.05, 4.69) is 6.07 Å². The normalized spacial score (nSPS) is 19.9. The molecule has 2 amide bonds. The van der Waals surface area contributed by atoms with Crippen molar-refractivity contribution in [1.82, 2.24) is 14.8 Å². The number of hydrogen-bond acceptors (Lipinski definition) is 3. The lowest BCUT2D eigenvalue weighted by Gasteiger charge is -2.34. The molecular formula is C25H30FN3O2. The largest absolute Gasteiger partial charge is 0.340 e. The monoisotopic (exact) mass is 423 g/mol. The van der Waals surface area contributed by atoms with Crippen LogP contribution in [0, 0.1) is 12.7 Å². The fourth-order valence-electron chi connectivity index (χ4n) is 4.63. The highest BCUT2D eigenvalue weighted by molar-refractivity contribution is 5.85. The maximum absolute atomic E-state index is 13.3. The minimum Gasteiger partial charge on any atom is -0.340 e. The molecule has 0 aliphatic carbocycles. The summed E-state index contributed by atoms with van der Waals surface area (Å²) in [5.41, 5.74) is 3.86. The van der Waals surface area contributed by atoms with E-state index in [1.165, 1.54) is 12.1 Å². The van der Waals surface area contributed by atoms with Crippen molar-refractivity contribution in [2.45, 2.75) is 51.4 Å². The van der Waals surface area contributed by atoms with Crippen LogP contribution in [0.2, 0.25) is 0 Å². The van der Waals surface area contributed by atoms with Crippen LogP contribution in [0.3, 0.4) is 0 Å². The summed E-state index contributed by atoms with van der Waals surface area (Å²) < 4.78 is 13.3. The molecule has 2 saturated heterocycles. The van der Waals surface area contributed by atoms with Crippen molar-refractivity contribution in [2.24, 2.45) is 0 Å². The van der Waals surface area contributed by atoms with Gasteiger partial charge in [-0.1, -0.05) is 18.6 Å². The van der Waals surface area contributed by atoms with E-state index < -0.39 is 0 Å². The first-order valence-electron chi connectivity index (χ1n) is 11.3. The van der Waals surface area contributed by atoms with Gasteiger partial charge >= 0.3 is 0 Å². The maximum atomic E-state index is 13.3. The highest BCUT2D eigenvalue weighted by atomic mass is 19.1. The van der Waals surface area contributed by atoms with Gasteiger partial charge in [-0.25, -0.2) is 4.39 Å². The molecule has 1 atom stereocenters. The van der Waals surface area contributed by atoms with E-state index in [1.54, 1.807) is 17.0 Å². The van der Waals surface area contributed by atoms with Gasteiger partial charge in [-0.2, -0.15) is 0 Å². The number of aryl methyl sites for hydroxylation is 1. The maximum Gasteiger partial charge on any atom is 0.242 e. The van der Waals surface area contributed by atoms with Crippen LogP contribution in [-0.2, 0) is 9.59 Å². The van der Waals surface area contributed by atoms with Crippen molar-refractivity contribution in [3.05, 3.63) is 53.6 Å². The molecule has 2 fully saturated rings. The van der Waals surface area contributed by atoms with E-state index in [0.717, 1.165) is 61.2 Å². The molecule has 4 rings (SSSR count). The van der Waals surface area contributed by atoms with Crippen molar-refractivity contribution in [3.8, 4) is 11.1 Å². The number of amides is 2.